The van der Waals surface area contributed by atoms with E-state index in [0.717, 1.165) is 10.4 Å². The minimum atomic E-state index is -0.629. The third-order valence-corrected chi connectivity index (χ3v) is 6.14. The van der Waals surface area contributed by atoms with Crippen molar-refractivity contribution < 1.29 is 18.8 Å². The number of carbonyl (C=O) groups is 1. The highest BCUT2D eigenvalue weighted by Gasteiger charge is 2.20. The molecule has 10 nitrogen and oxygen atoms in total. The van der Waals surface area contributed by atoms with Gasteiger partial charge in [-0.3, -0.25) is 9.59 Å². The van der Waals surface area contributed by atoms with Gasteiger partial charge in [-0.25, -0.2) is 9.37 Å². The number of pyridine rings is 1. The highest BCUT2D eigenvalue weighted by molar-refractivity contribution is 6.33. The lowest BCUT2D eigenvalue weighted by Gasteiger charge is -2.26. The Labute approximate surface area is 209 Å². The van der Waals surface area contributed by atoms with Gasteiger partial charge in [-0.1, -0.05) is 17.7 Å². The van der Waals surface area contributed by atoms with Gasteiger partial charge in [0.15, 0.2) is 5.65 Å². The summed E-state index contributed by atoms with van der Waals surface area (Å²) in [5, 5.41) is 3.60. The number of ether oxygens (including phenoxy) is 1. The number of hydrogen-bond acceptors (Lipinski definition) is 7. The number of nitrogens with zero attached hydrogens (tertiary/aromatic N) is 4. The van der Waals surface area contributed by atoms with Crippen LogP contribution < -0.4 is 15.7 Å². The van der Waals surface area contributed by atoms with Crippen molar-refractivity contribution in [3.8, 4) is 11.1 Å². The van der Waals surface area contributed by atoms with Crippen LogP contribution in [0.25, 0.3) is 22.2 Å². The molecule has 186 valence electrons. The molecule has 4 aromatic rings. The van der Waals surface area contributed by atoms with Gasteiger partial charge in [-0.05, 0) is 24.3 Å². The lowest BCUT2D eigenvalue weighted by atomic mass is 10.1. The SMILES string of the molecule is COn1c(=O)c(-c2c(F)cccc2Cl)cc2cnc(Nc3c[nH]c(CC(=O)N4CCOCC4)c3)nc21. The molecule has 0 spiro atoms. The summed E-state index contributed by atoms with van der Waals surface area (Å²) < 4.78 is 20.7. The molecule has 0 saturated carbocycles. The second-order valence-corrected chi connectivity index (χ2v) is 8.53. The predicted molar refractivity (Wildman–Crippen MR) is 132 cm³/mol. The topological polar surface area (TPSA) is 114 Å². The first kappa shape index (κ1) is 23.8. The summed E-state index contributed by atoms with van der Waals surface area (Å²) in [6.07, 6.45) is 3.42. The first-order valence-electron chi connectivity index (χ1n) is 11.2. The molecule has 5 rings (SSSR count). The molecule has 2 N–H and O–H groups in total. The molecule has 0 unspecified atom stereocenters. The molecule has 4 heterocycles. The Bertz CT molecular complexity index is 1480. The van der Waals surface area contributed by atoms with Gasteiger partial charge < -0.3 is 24.8 Å². The second kappa shape index (κ2) is 9.96. The Kier molecular flexibility index (Phi) is 6.57. The fraction of sp³-hybridized carbons (Fsp3) is 0.250. The number of rotatable bonds is 6. The number of carbonyl (C=O) groups excluding carboxylic acids is 1. The molecule has 0 bridgehead atoms. The van der Waals surface area contributed by atoms with Crippen LogP contribution in [0.1, 0.15) is 5.69 Å². The summed E-state index contributed by atoms with van der Waals surface area (Å²) in [7, 11) is 1.31. The van der Waals surface area contributed by atoms with Crippen molar-refractivity contribution in [3.63, 3.8) is 0 Å². The fourth-order valence-corrected chi connectivity index (χ4v) is 4.33. The maximum absolute atomic E-state index is 14.5. The van der Waals surface area contributed by atoms with Crippen molar-refractivity contribution in [1.29, 1.82) is 0 Å². The van der Waals surface area contributed by atoms with E-state index in [2.05, 4.69) is 20.3 Å². The quantitative estimate of drug-likeness (QED) is 0.408. The van der Waals surface area contributed by atoms with Gasteiger partial charge in [0.1, 0.15) is 12.9 Å². The molecular formula is C24H22ClFN6O4. The number of fused-ring (bicyclic) bond motifs is 1. The number of nitrogens with one attached hydrogen (secondary N) is 2. The van der Waals surface area contributed by atoms with Crippen molar-refractivity contribution in [1.82, 2.24) is 24.6 Å². The zero-order valence-corrected chi connectivity index (χ0v) is 20.0. The number of aromatic amines is 1. The van der Waals surface area contributed by atoms with Crippen molar-refractivity contribution in [2.75, 3.05) is 38.7 Å². The molecule has 1 fully saturated rings. The van der Waals surface area contributed by atoms with Crippen LogP contribution in [0.3, 0.4) is 0 Å². The van der Waals surface area contributed by atoms with Crippen LogP contribution in [0.5, 0.6) is 0 Å². The van der Waals surface area contributed by atoms with Crippen LogP contribution in [0, 0.1) is 5.82 Å². The van der Waals surface area contributed by atoms with E-state index in [-0.39, 0.29) is 40.1 Å². The Morgan fingerprint density at radius 2 is 2.11 bits per heavy atom. The first-order chi connectivity index (χ1) is 17.4. The number of anilines is 2. The molecule has 1 aliphatic rings. The summed E-state index contributed by atoms with van der Waals surface area (Å²) >= 11 is 6.17. The predicted octanol–water partition coefficient (Wildman–Crippen LogP) is 2.78. The fourth-order valence-electron chi connectivity index (χ4n) is 4.07. The van der Waals surface area contributed by atoms with E-state index in [1.807, 2.05) is 0 Å². The summed E-state index contributed by atoms with van der Waals surface area (Å²) in [5.74, 6) is -0.408. The van der Waals surface area contributed by atoms with Crippen molar-refractivity contribution in [2.24, 2.45) is 0 Å². The van der Waals surface area contributed by atoms with Crippen LogP contribution in [-0.2, 0) is 16.0 Å². The van der Waals surface area contributed by atoms with E-state index >= 15 is 0 Å². The van der Waals surface area contributed by atoms with Crippen LogP contribution in [0.2, 0.25) is 5.02 Å². The summed E-state index contributed by atoms with van der Waals surface area (Å²) in [4.78, 5) is 44.4. The van der Waals surface area contributed by atoms with E-state index in [9.17, 15) is 14.0 Å². The van der Waals surface area contributed by atoms with Crippen molar-refractivity contribution >= 4 is 40.2 Å². The van der Waals surface area contributed by atoms with E-state index in [1.165, 1.54) is 37.6 Å². The Hall–Kier alpha value is -3.96. The Balaban J connectivity index is 1.41. The number of amides is 1. The maximum Gasteiger partial charge on any atom is 0.293 e. The van der Waals surface area contributed by atoms with Crippen LogP contribution in [-0.4, -0.2) is 63.9 Å². The molecule has 12 heteroatoms. The minimum absolute atomic E-state index is 0.0172. The first-order valence-corrected chi connectivity index (χ1v) is 11.5. The monoisotopic (exact) mass is 512 g/mol. The highest BCUT2D eigenvalue weighted by atomic mass is 35.5. The van der Waals surface area contributed by atoms with Gasteiger partial charge in [0, 0.05) is 42.1 Å². The van der Waals surface area contributed by atoms with Crippen LogP contribution in [0.15, 0.2) is 47.5 Å². The Morgan fingerprint density at radius 3 is 2.86 bits per heavy atom. The molecule has 0 aliphatic carbocycles. The maximum atomic E-state index is 14.5. The highest BCUT2D eigenvalue weighted by Crippen LogP contribution is 2.30. The summed E-state index contributed by atoms with van der Waals surface area (Å²) in [6, 6.07) is 7.46. The zero-order valence-electron chi connectivity index (χ0n) is 19.3. The number of H-pyrrole nitrogens is 1. The summed E-state index contributed by atoms with van der Waals surface area (Å²) in [5.41, 5.74) is 0.944. The van der Waals surface area contributed by atoms with Gasteiger partial charge in [0.25, 0.3) is 5.56 Å². The molecule has 0 atom stereocenters. The second-order valence-electron chi connectivity index (χ2n) is 8.12. The average Bonchev–Trinajstić information content (AvgIpc) is 3.31. The molecule has 1 saturated heterocycles. The number of hydrogen-bond donors (Lipinski definition) is 2. The summed E-state index contributed by atoms with van der Waals surface area (Å²) in [6.45, 7) is 2.26. The average molecular weight is 513 g/mol. The number of aromatic nitrogens is 4. The molecule has 3 aromatic heterocycles. The normalized spacial score (nSPS) is 13.7. The van der Waals surface area contributed by atoms with Crippen LogP contribution in [0.4, 0.5) is 16.0 Å². The molecular weight excluding hydrogens is 491 g/mol. The molecule has 0 radical (unpaired) electrons. The third-order valence-electron chi connectivity index (χ3n) is 5.82. The standard InChI is InChI=1S/C24H22ClFN6O4/c1-35-32-22-14(9-17(23(32)34)21-18(25)3-2-4-19(21)26)12-28-24(30-22)29-16-10-15(27-13-16)11-20(33)31-5-7-36-8-6-31/h2-4,9-10,12-13,27H,5-8,11H2,1H3,(H,28,29,30). The Morgan fingerprint density at radius 1 is 1.31 bits per heavy atom. The molecule has 1 aromatic carbocycles. The van der Waals surface area contributed by atoms with E-state index in [4.69, 9.17) is 21.2 Å². The van der Waals surface area contributed by atoms with Crippen molar-refractivity contribution in [3.05, 3.63) is 69.6 Å². The number of benzene rings is 1. The number of morpholine rings is 1. The lowest BCUT2D eigenvalue weighted by molar-refractivity contribution is -0.134. The zero-order chi connectivity index (χ0) is 25.2. The minimum Gasteiger partial charge on any atom is -0.412 e. The molecule has 36 heavy (non-hydrogen) atoms. The van der Waals surface area contributed by atoms with E-state index < -0.39 is 11.4 Å². The largest absolute Gasteiger partial charge is 0.412 e. The van der Waals surface area contributed by atoms with E-state index in [0.29, 0.717) is 37.4 Å². The van der Waals surface area contributed by atoms with Gasteiger partial charge in [0.2, 0.25) is 11.9 Å². The third kappa shape index (κ3) is 4.62. The van der Waals surface area contributed by atoms with Crippen molar-refractivity contribution in [2.45, 2.75) is 6.42 Å². The van der Waals surface area contributed by atoms with Gasteiger partial charge >= 0.3 is 0 Å². The van der Waals surface area contributed by atoms with E-state index in [1.54, 1.807) is 17.2 Å². The number of halogens is 2. The smallest absolute Gasteiger partial charge is 0.293 e. The molecule has 1 amide bonds. The van der Waals surface area contributed by atoms with Gasteiger partial charge in [0.05, 0.1) is 35.9 Å². The van der Waals surface area contributed by atoms with Crippen LogP contribution >= 0.6 is 11.6 Å². The lowest BCUT2D eigenvalue weighted by Crippen LogP contribution is -2.41. The van der Waals surface area contributed by atoms with Gasteiger partial charge in [-0.15, -0.1) is 4.73 Å². The van der Waals surface area contributed by atoms with Gasteiger partial charge in [-0.2, -0.15) is 4.98 Å². The molecule has 1 aliphatic heterocycles.